The first kappa shape index (κ1) is 22.5. The Labute approximate surface area is 183 Å². The molecule has 0 fully saturated rings. The lowest BCUT2D eigenvalue weighted by Gasteiger charge is -2.20. The van der Waals surface area contributed by atoms with Gasteiger partial charge in [0.15, 0.2) is 0 Å². The maximum Gasteiger partial charge on any atom is 0.239 e. The van der Waals surface area contributed by atoms with E-state index in [1.165, 1.54) is 12.3 Å². The number of nitrogens with one attached hydrogen (secondary N) is 1. The van der Waals surface area contributed by atoms with Crippen molar-refractivity contribution in [3.8, 4) is 0 Å². The standard InChI is InChI=1S/C24H26N2O4S/c1-18-14-19(2)24(20(3)15-18)25-23(27)17-26(16-22-10-7-12-30-22)31(28,29)13-11-21-8-5-4-6-9-21/h4-15H,16-17H2,1-3H3,(H,25,27)/b13-11+. The molecule has 1 N–H and O–H groups in total. The third-order valence-electron chi connectivity index (χ3n) is 4.77. The Morgan fingerprint density at radius 1 is 1.03 bits per heavy atom. The van der Waals surface area contributed by atoms with Crippen LogP contribution in [0.1, 0.15) is 28.0 Å². The van der Waals surface area contributed by atoms with E-state index in [0.29, 0.717) is 11.4 Å². The number of carbonyl (C=O) groups excluding carboxylic acids is 1. The first-order chi connectivity index (χ1) is 14.7. The minimum Gasteiger partial charge on any atom is -0.468 e. The Morgan fingerprint density at radius 3 is 2.32 bits per heavy atom. The second kappa shape index (κ2) is 9.76. The molecule has 0 aliphatic heterocycles. The van der Waals surface area contributed by atoms with E-state index in [2.05, 4.69) is 5.32 Å². The van der Waals surface area contributed by atoms with Crippen molar-refractivity contribution in [1.29, 1.82) is 0 Å². The predicted octanol–water partition coefficient (Wildman–Crippen LogP) is 4.65. The lowest BCUT2D eigenvalue weighted by Crippen LogP contribution is -2.36. The molecule has 0 bridgehead atoms. The summed E-state index contributed by atoms with van der Waals surface area (Å²) in [5, 5.41) is 3.97. The third kappa shape index (κ3) is 6.16. The number of rotatable bonds is 8. The number of carbonyl (C=O) groups is 1. The summed E-state index contributed by atoms with van der Waals surface area (Å²) in [4.78, 5) is 12.8. The van der Waals surface area contributed by atoms with E-state index < -0.39 is 15.9 Å². The Kier molecular flexibility index (Phi) is 7.09. The summed E-state index contributed by atoms with van der Waals surface area (Å²) in [7, 11) is -3.88. The highest BCUT2D eigenvalue weighted by Crippen LogP contribution is 2.22. The molecular formula is C24H26N2O4S. The molecule has 162 valence electrons. The van der Waals surface area contributed by atoms with Gasteiger partial charge in [0.25, 0.3) is 0 Å². The van der Waals surface area contributed by atoms with Crippen molar-refractivity contribution < 1.29 is 17.6 Å². The maximum absolute atomic E-state index is 13.0. The maximum atomic E-state index is 13.0. The largest absolute Gasteiger partial charge is 0.468 e. The molecule has 0 aliphatic carbocycles. The molecule has 0 saturated carbocycles. The molecule has 0 saturated heterocycles. The van der Waals surface area contributed by atoms with Crippen molar-refractivity contribution in [1.82, 2.24) is 4.31 Å². The van der Waals surface area contributed by atoms with Crippen molar-refractivity contribution in [3.05, 3.63) is 94.3 Å². The Morgan fingerprint density at radius 2 is 1.71 bits per heavy atom. The second-order valence-electron chi connectivity index (χ2n) is 7.43. The van der Waals surface area contributed by atoms with Crippen LogP contribution in [-0.4, -0.2) is 25.2 Å². The number of amides is 1. The molecule has 0 unspecified atom stereocenters. The fraction of sp³-hybridized carbons (Fsp3) is 0.208. The molecule has 3 aromatic rings. The Hall–Kier alpha value is -3.16. The van der Waals surface area contributed by atoms with Crippen molar-refractivity contribution in [2.45, 2.75) is 27.3 Å². The Bertz CT molecular complexity index is 1140. The highest BCUT2D eigenvalue weighted by molar-refractivity contribution is 7.92. The zero-order valence-corrected chi connectivity index (χ0v) is 18.6. The number of furan rings is 1. The zero-order chi connectivity index (χ0) is 22.4. The molecule has 1 heterocycles. The monoisotopic (exact) mass is 438 g/mol. The average Bonchev–Trinajstić information content (AvgIpc) is 3.23. The molecule has 7 heteroatoms. The molecule has 0 spiro atoms. The third-order valence-corrected chi connectivity index (χ3v) is 6.22. The van der Waals surface area contributed by atoms with Gasteiger partial charge in [-0.25, -0.2) is 8.42 Å². The summed E-state index contributed by atoms with van der Waals surface area (Å²) in [6, 6.07) is 16.4. The van der Waals surface area contributed by atoms with Crippen LogP contribution in [0.4, 0.5) is 5.69 Å². The topological polar surface area (TPSA) is 79.6 Å². The Balaban J connectivity index is 1.82. The van der Waals surface area contributed by atoms with Gasteiger partial charge in [-0.05, 0) is 55.7 Å². The van der Waals surface area contributed by atoms with Crippen molar-refractivity contribution in [2.75, 3.05) is 11.9 Å². The molecule has 1 aromatic heterocycles. The van der Waals surface area contributed by atoms with Crippen LogP contribution in [0.15, 0.2) is 70.7 Å². The smallest absolute Gasteiger partial charge is 0.239 e. The summed E-state index contributed by atoms with van der Waals surface area (Å²) in [5.74, 6) is 0.0329. The van der Waals surface area contributed by atoms with Crippen LogP contribution < -0.4 is 5.32 Å². The van der Waals surface area contributed by atoms with Gasteiger partial charge in [-0.15, -0.1) is 0 Å². The first-order valence-corrected chi connectivity index (χ1v) is 11.4. The molecule has 31 heavy (non-hydrogen) atoms. The number of aryl methyl sites for hydroxylation is 3. The highest BCUT2D eigenvalue weighted by Gasteiger charge is 2.24. The van der Waals surface area contributed by atoms with Crippen LogP contribution in [0.2, 0.25) is 0 Å². The molecule has 3 rings (SSSR count). The summed E-state index contributed by atoms with van der Waals surface area (Å²) < 4.78 is 32.4. The SMILES string of the molecule is Cc1cc(C)c(NC(=O)CN(Cc2ccco2)S(=O)(=O)/C=C/c2ccccc2)c(C)c1. The number of nitrogens with zero attached hydrogens (tertiary/aromatic N) is 1. The van der Waals surface area contributed by atoms with Gasteiger partial charge in [-0.3, -0.25) is 4.79 Å². The van der Waals surface area contributed by atoms with Crippen LogP contribution in [0.25, 0.3) is 6.08 Å². The fourth-order valence-corrected chi connectivity index (χ4v) is 4.45. The molecule has 6 nitrogen and oxygen atoms in total. The number of hydrogen-bond acceptors (Lipinski definition) is 4. The van der Waals surface area contributed by atoms with E-state index in [9.17, 15) is 13.2 Å². The van der Waals surface area contributed by atoms with Crippen LogP contribution >= 0.6 is 0 Å². The van der Waals surface area contributed by atoms with E-state index in [4.69, 9.17) is 4.42 Å². The predicted molar refractivity (Wildman–Crippen MR) is 123 cm³/mol. The van der Waals surface area contributed by atoms with E-state index in [-0.39, 0.29) is 13.1 Å². The molecule has 2 aromatic carbocycles. The molecule has 1 amide bonds. The lowest BCUT2D eigenvalue weighted by molar-refractivity contribution is -0.116. The van der Waals surface area contributed by atoms with E-state index in [0.717, 1.165) is 32.0 Å². The van der Waals surface area contributed by atoms with E-state index in [1.54, 1.807) is 24.3 Å². The highest BCUT2D eigenvalue weighted by atomic mass is 32.2. The normalized spacial score (nSPS) is 11.9. The van der Waals surface area contributed by atoms with E-state index >= 15 is 0 Å². The summed E-state index contributed by atoms with van der Waals surface area (Å²) >= 11 is 0. The number of hydrogen-bond donors (Lipinski definition) is 1. The average molecular weight is 439 g/mol. The minimum atomic E-state index is -3.88. The van der Waals surface area contributed by atoms with Crippen LogP contribution in [0.5, 0.6) is 0 Å². The molecule has 0 radical (unpaired) electrons. The number of sulfonamides is 1. The van der Waals surface area contributed by atoms with Gasteiger partial charge in [0.2, 0.25) is 15.9 Å². The first-order valence-electron chi connectivity index (χ1n) is 9.88. The van der Waals surface area contributed by atoms with Gasteiger partial charge in [0, 0.05) is 11.1 Å². The summed E-state index contributed by atoms with van der Waals surface area (Å²) in [5.41, 5.74) is 4.40. The summed E-state index contributed by atoms with van der Waals surface area (Å²) in [6.45, 7) is 5.43. The fourth-order valence-electron chi connectivity index (χ4n) is 3.34. The van der Waals surface area contributed by atoms with Gasteiger partial charge in [0.1, 0.15) is 5.76 Å². The van der Waals surface area contributed by atoms with Crippen LogP contribution in [-0.2, 0) is 21.4 Å². The van der Waals surface area contributed by atoms with Gasteiger partial charge in [-0.2, -0.15) is 4.31 Å². The minimum absolute atomic E-state index is 0.0479. The quantitative estimate of drug-likeness (QED) is 0.555. The zero-order valence-electron chi connectivity index (χ0n) is 17.8. The van der Waals surface area contributed by atoms with Crippen LogP contribution in [0, 0.1) is 20.8 Å². The van der Waals surface area contributed by atoms with Crippen molar-refractivity contribution in [2.24, 2.45) is 0 Å². The van der Waals surface area contributed by atoms with Crippen LogP contribution in [0.3, 0.4) is 0 Å². The van der Waals surface area contributed by atoms with Gasteiger partial charge >= 0.3 is 0 Å². The molecule has 0 aliphatic rings. The molecule has 0 atom stereocenters. The van der Waals surface area contributed by atoms with Gasteiger partial charge < -0.3 is 9.73 Å². The summed E-state index contributed by atoms with van der Waals surface area (Å²) in [6.07, 6.45) is 2.98. The van der Waals surface area contributed by atoms with Crippen molar-refractivity contribution in [3.63, 3.8) is 0 Å². The van der Waals surface area contributed by atoms with Gasteiger partial charge in [-0.1, -0.05) is 48.0 Å². The number of benzene rings is 2. The van der Waals surface area contributed by atoms with E-state index in [1.807, 2.05) is 51.1 Å². The number of anilines is 1. The van der Waals surface area contributed by atoms with Gasteiger partial charge in [0.05, 0.1) is 19.4 Å². The van der Waals surface area contributed by atoms with Crippen molar-refractivity contribution >= 4 is 27.7 Å². The second-order valence-corrected chi connectivity index (χ2v) is 9.25. The lowest BCUT2D eigenvalue weighted by atomic mass is 10.1. The molecular weight excluding hydrogens is 412 g/mol.